The van der Waals surface area contributed by atoms with Crippen molar-refractivity contribution < 1.29 is 32.9 Å². The number of fused-ring (bicyclic) bond motifs is 4. The van der Waals surface area contributed by atoms with Crippen LogP contribution in [-0.2, 0) is 26.0 Å². The Morgan fingerprint density at radius 1 is 1.12 bits per heavy atom. The quantitative estimate of drug-likeness (QED) is 0.245. The van der Waals surface area contributed by atoms with Gasteiger partial charge < -0.3 is 25.0 Å². The first-order valence-electron chi connectivity index (χ1n) is 14.9. The highest BCUT2D eigenvalue weighted by Gasteiger charge is 2.76. The minimum absolute atomic E-state index is 0.0699. The lowest BCUT2D eigenvalue weighted by Gasteiger charge is -2.28. The second kappa shape index (κ2) is 10.6. The highest BCUT2D eigenvalue weighted by atomic mass is 32.2. The van der Waals surface area contributed by atoms with Gasteiger partial charge in [0.05, 0.1) is 29.5 Å². The number of sulfonamides is 1. The van der Waals surface area contributed by atoms with Crippen LogP contribution in [0.1, 0.15) is 69.2 Å². The average molecular weight is 609 g/mol. The molecule has 1 aliphatic heterocycles. The molecule has 3 aromatic carbocycles. The molecule has 9 nitrogen and oxygen atoms in total. The summed E-state index contributed by atoms with van der Waals surface area (Å²) < 4.78 is 38.2. The van der Waals surface area contributed by atoms with Crippen LogP contribution in [0.2, 0.25) is 0 Å². The van der Waals surface area contributed by atoms with Crippen LogP contribution in [-0.4, -0.2) is 59.9 Å². The first-order chi connectivity index (χ1) is 20.2. The average Bonchev–Trinajstić information content (AvgIpc) is 3.82. The van der Waals surface area contributed by atoms with Crippen molar-refractivity contribution in [1.29, 1.82) is 0 Å². The number of aliphatic hydroxyl groups is 2. The molecule has 1 unspecified atom stereocenters. The van der Waals surface area contributed by atoms with Gasteiger partial charge in [0.1, 0.15) is 11.7 Å². The van der Waals surface area contributed by atoms with Gasteiger partial charge >= 0.3 is 0 Å². The second-order valence-electron chi connectivity index (χ2n) is 13.2. The highest BCUT2D eigenvalue weighted by molar-refractivity contribution is 7.91. The van der Waals surface area contributed by atoms with E-state index in [1.165, 1.54) is 16.3 Å². The van der Waals surface area contributed by atoms with E-state index in [0.717, 1.165) is 12.0 Å². The van der Waals surface area contributed by atoms with Gasteiger partial charge in [-0.25, -0.2) is 8.42 Å². The molecule has 0 aromatic heterocycles. The molecule has 4 N–H and O–H groups in total. The van der Waals surface area contributed by atoms with Gasteiger partial charge in [0.25, 0.3) is 0 Å². The molecule has 5 atom stereocenters. The van der Waals surface area contributed by atoms with Crippen molar-refractivity contribution in [2.75, 3.05) is 13.2 Å². The van der Waals surface area contributed by atoms with E-state index in [1.54, 1.807) is 19.1 Å². The fourth-order valence-corrected chi connectivity index (χ4v) is 7.47. The molecule has 230 valence electrons. The lowest BCUT2D eigenvalue weighted by molar-refractivity contribution is -0.127. The Balaban J connectivity index is 1.05. The highest BCUT2D eigenvalue weighted by Crippen LogP contribution is 2.66. The summed E-state index contributed by atoms with van der Waals surface area (Å²) in [7, 11) is -3.84. The van der Waals surface area contributed by atoms with E-state index in [9.17, 15) is 23.4 Å². The number of β-amino-alcohol motifs (C(OH)–C–C–N with tert-alkyl or cyclic N) is 1. The number of benzene rings is 3. The number of nitrogens with one attached hydrogen (secondary N) is 2. The smallest absolute Gasteiger partial charge is 0.244 e. The molecule has 10 heteroatoms. The molecule has 0 bridgehead atoms. The number of carbonyl (C=O) groups is 1. The van der Waals surface area contributed by atoms with Crippen molar-refractivity contribution in [2.45, 2.75) is 81.2 Å². The molecule has 2 saturated carbocycles. The SMILES string of the molecule is C[C@@H](OC[C@H](O)CNC(C)(C)Cc1ccc2ccccc2c1)c1cccc2c1[C@H]1[C@H](C(=O)NS(=O)(=O)C3(C)CC3)C1(O)O2. The molecular weight excluding hydrogens is 568 g/mol. The second-order valence-corrected chi connectivity index (χ2v) is 15.4. The molecule has 1 heterocycles. The van der Waals surface area contributed by atoms with Gasteiger partial charge in [-0.05, 0) is 74.9 Å². The maximum absolute atomic E-state index is 12.9. The molecule has 0 saturated heterocycles. The third-order valence-electron chi connectivity index (χ3n) is 9.17. The maximum atomic E-state index is 12.9. The molecule has 3 aromatic rings. The lowest BCUT2D eigenvalue weighted by Crippen LogP contribution is -2.46. The Bertz CT molecular complexity index is 1670. The molecule has 6 rings (SSSR count). The zero-order chi connectivity index (χ0) is 30.8. The van der Waals surface area contributed by atoms with Crippen LogP contribution in [0, 0.1) is 5.92 Å². The Kier molecular flexibility index (Phi) is 7.37. The summed E-state index contributed by atoms with van der Waals surface area (Å²) in [5.74, 6) is -3.84. The number of aliphatic hydroxyl groups excluding tert-OH is 1. The van der Waals surface area contributed by atoms with Gasteiger partial charge in [0, 0.05) is 17.6 Å². The topological polar surface area (TPSA) is 134 Å². The number of carbonyl (C=O) groups excluding carboxylic acids is 1. The van der Waals surface area contributed by atoms with Crippen molar-refractivity contribution in [2.24, 2.45) is 5.92 Å². The van der Waals surface area contributed by atoms with Crippen molar-refractivity contribution in [3.8, 4) is 5.75 Å². The van der Waals surface area contributed by atoms with Gasteiger partial charge in [-0.2, -0.15) is 0 Å². The number of hydrogen-bond donors (Lipinski definition) is 4. The molecule has 0 radical (unpaired) electrons. The summed E-state index contributed by atoms with van der Waals surface area (Å²) in [6.07, 6.45) is 0.541. The normalized spacial score (nSPS) is 24.9. The first kappa shape index (κ1) is 30.0. The summed E-state index contributed by atoms with van der Waals surface area (Å²) in [6, 6.07) is 20.1. The minimum atomic E-state index is -3.84. The molecular formula is C33H40N2O7S. The van der Waals surface area contributed by atoms with Crippen LogP contribution in [0.3, 0.4) is 0 Å². The third-order valence-corrected chi connectivity index (χ3v) is 11.3. The molecule has 0 spiro atoms. The predicted octanol–water partition coefficient (Wildman–Crippen LogP) is 3.68. The fourth-order valence-electron chi connectivity index (χ4n) is 6.19. The summed E-state index contributed by atoms with van der Waals surface area (Å²) in [5, 5.41) is 27.7. The standard InChI is InChI=1S/C33H40N2O7S/c1-20(41-19-24(36)18-34-31(2,3)17-21-12-13-22-8-5-6-9-23(22)16-21)25-10-7-11-26-27(25)28-29(33(28,38)42-26)30(37)35-43(39,40)32(4)14-15-32/h5-13,16,20,24,28-29,34,36,38H,14-15,17-19H2,1-4H3,(H,35,37)/t20-,24-,28+,29-,33?/m1/s1. The first-order valence-corrected chi connectivity index (χ1v) is 16.3. The van der Waals surface area contributed by atoms with Crippen molar-refractivity contribution in [1.82, 2.24) is 10.0 Å². The van der Waals surface area contributed by atoms with Crippen LogP contribution >= 0.6 is 0 Å². The number of ether oxygens (including phenoxy) is 2. The van der Waals surface area contributed by atoms with Gasteiger partial charge in [-0.3, -0.25) is 9.52 Å². The van der Waals surface area contributed by atoms with Crippen molar-refractivity contribution in [3.63, 3.8) is 0 Å². The van der Waals surface area contributed by atoms with E-state index in [-0.39, 0.29) is 12.1 Å². The Hall–Kier alpha value is -3.02. The van der Waals surface area contributed by atoms with Crippen LogP contribution in [0.25, 0.3) is 10.8 Å². The Morgan fingerprint density at radius 2 is 1.84 bits per heavy atom. The molecule has 3 aliphatic rings. The van der Waals surface area contributed by atoms with E-state index >= 15 is 0 Å². The van der Waals surface area contributed by atoms with Crippen LogP contribution in [0.4, 0.5) is 0 Å². The van der Waals surface area contributed by atoms with E-state index in [2.05, 4.69) is 54.2 Å². The summed E-state index contributed by atoms with van der Waals surface area (Å²) in [4.78, 5) is 12.9. The molecule has 2 fully saturated rings. The molecule has 2 aliphatic carbocycles. The summed E-state index contributed by atoms with van der Waals surface area (Å²) >= 11 is 0. The third kappa shape index (κ3) is 5.67. The number of rotatable bonds is 12. The van der Waals surface area contributed by atoms with Gasteiger partial charge in [-0.15, -0.1) is 0 Å². The van der Waals surface area contributed by atoms with Crippen LogP contribution in [0.15, 0.2) is 60.7 Å². The maximum Gasteiger partial charge on any atom is 0.244 e. The monoisotopic (exact) mass is 608 g/mol. The fraction of sp³-hybridized carbons (Fsp3) is 0.485. The summed E-state index contributed by atoms with van der Waals surface area (Å²) in [6.45, 7) is 8.05. The zero-order valence-corrected chi connectivity index (χ0v) is 25.8. The van der Waals surface area contributed by atoms with Crippen molar-refractivity contribution in [3.05, 3.63) is 77.4 Å². The minimum Gasteiger partial charge on any atom is -0.461 e. The summed E-state index contributed by atoms with van der Waals surface area (Å²) in [5.41, 5.74) is 2.31. The zero-order valence-electron chi connectivity index (χ0n) is 25.0. The van der Waals surface area contributed by atoms with E-state index in [0.29, 0.717) is 30.7 Å². The van der Waals surface area contributed by atoms with Gasteiger partial charge in [0.2, 0.25) is 21.7 Å². The van der Waals surface area contributed by atoms with Crippen LogP contribution in [0.5, 0.6) is 5.75 Å². The van der Waals surface area contributed by atoms with Crippen LogP contribution < -0.4 is 14.8 Å². The Morgan fingerprint density at radius 3 is 2.56 bits per heavy atom. The Labute approximate surface area is 252 Å². The van der Waals surface area contributed by atoms with E-state index < -0.39 is 50.5 Å². The number of amides is 1. The van der Waals surface area contributed by atoms with Gasteiger partial charge in [0.15, 0.2) is 0 Å². The van der Waals surface area contributed by atoms with E-state index in [4.69, 9.17) is 9.47 Å². The molecule has 43 heavy (non-hydrogen) atoms. The van der Waals surface area contributed by atoms with Gasteiger partial charge in [-0.1, -0.05) is 54.6 Å². The molecule has 1 amide bonds. The van der Waals surface area contributed by atoms with E-state index in [1.807, 2.05) is 25.1 Å². The predicted molar refractivity (Wildman–Crippen MR) is 163 cm³/mol. The lowest BCUT2D eigenvalue weighted by atomic mass is 9.93. The largest absolute Gasteiger partial charge is 0.461 e. The van der Waals surface area contributed by atoms with Crippen molar-refractivity contribution >= 4 is 26.7 Å². The number of hydrogen-bond acceptors (Lipinski definition) is 8.